The Labute approximate surface area is 317 Å². The molecule has 0 saturated carbocycles. The average molecular weight is 702 g/mol. The topological polar surface area (TPSA) is 14.8 Å². The SMILES string of the molecule is CC(C)(C)c1ccc2c(c1)c1ccccc1n2-c1cccc2c1c1cccc3c1n2C1(C)C=CCC(n2c4ccccc4c4cc(C(C)(C)C)ccc42)C31. The lowest BCUT2D eigenvalue weighted by molar-refractivity contribution is 0.268. The van der Waals surface area contributed by atoms with Gasteiger partial charge in [-0.25, -0.2) is 0 Å². The van der Waals surface area contributed by atoms with Gasteiger partial charge in [0.1, 0.15) is 0 Å². The lowest BCUT2D eigenvalue weighted by Gasteiger charge is -2.41. The molecule has 9 aromatic rings. The minimum absolute atomic E-state index is 0.0736. The molecule has 2 aliphatic rings. The van der Waals surface area contributed by atoms with Gasteiger partial charge in [0, 0.05) is 55.3 Å². The molecule has 3 unspecified atom stereocenters. The quantitative estimate of drug-likeness (QED) is 0.159. The smallest absolute Gasteiger partial charge is 0.0695 e. The van der Waals surface area contributed by atoms with Gasteiger partial charge in [0.2, 0.25) is 0 Å². The van der Waals surface area contributed by atoms with Crippen LogP contribution in [0.1, 0.15) is 83.5 Å². The number of benzene rings is 6. The van der Waals surface area contributed by atoms with Gasteiger partial charge in [0.15, 0.2) is 0 Å². The van der Waals surface area contributed by atoms with Crippen molar-refractivity contribution in [3.05, 3.63) is 150 Å². The molecule has 1 aliphatic heterocycles. The van der Waals surface area contributed by atoms with E-state index in [1.807, 2.05) is 0 Å². The molecule has 0 fully saturated rings. The first-order valence-corrected chi connectivity index (χ1v) is 19.8. The highest BCUT2D eigenvalue weighted by Crippen LogP contribution is 2.59. The van der Waals surface area contributed by atoms with Crippen LogP contribution in [0.25, 0.3) is 71.1 Å². The Morgan fingerprint density at radius 2 is 1.11 bits per heavy atom. The Bertz CT molecular complexity index is 3070. The first kappa shape index (κ1) is 31.9. The third-order valence-corrected chi connectivity index (χ3v) is 13.2. The summed E-state index contributed by atoms with van der Waals surface area (Å²) in [4.78, 5) is 0. The second-order valence-electron chi connectivity index (χ2n) is 18.4. The van der Waals surface area contributed by atoms with E-state index in [-0.39, 0.29) is 28.3 Å². The number of aromatic nitrogens is 3. The molecule has 3 heteroatoms. The lowest BCUT2D eigenvalue weighted by Crippen LogP contribution is -2.37. The predicted molar refractivity (Wildman–Crippen MR) is 230 cm³/mol. The monoisotopic (exact) mass is 701 g/mol. The Kier molecular flexibility index (Phi) is 6.25. The number of para-hydroxylation sites is 3. The van der Waals surface area contributed by atoms with Crippen molar-refractivity contribution in [3.63, 3.8) is 0 Å². The molecule has 54 heavy (non-hydrogen) atoms. The fourth-order valence-electron chi connectivity index (χ4n) is 10.7. The van der Waals surface area contributed by atoms with Crippen molar-refractivity contribution in [1.29, 1.82) is 0 Å². The van der Waals surface area contributed by atoms with Crippen LogP contribution in [0.4, 0.5) is 0 Å². The molecular formula is C51H47N3. The van der Waals surface area contributed by atoms with Crippen molar-refractivity contribution >= 4 is 65.4 Å². The van der Waals surface area contributed by atoms with Gasteiger partial charge in [-0.3, -0.25) is 0 Å². The van der Waals surface area contributed by atoms with Gasteiger partial charge < -0.3 is 13.7 Å². The molecular weight excluding hydrogens is 655 g/mol. The van der Waals surface area contributed by atoms with Gasteiger partial charge in [0.05, 0.1) is 33.3 Å². The lowest BCUT2D eigenvalue weighted by atomic mass is 9.73. The molecule has 3 nitrogen and oxygen atoms in total. The number of hydrogen-bond acceptors (Lipinski definition) is 0. The molecule has 0 N–H and O–H groups in total. The van der Waals surface area contributed by atoms with E-state index < -0.39 is 0 Å². The van der Waals surface area contributed by atoms with Crippen molar-refractivity contribution in [2.45, 2.75) is 83.2 Å². The van der Waals surface area contributed by atoms with E-state index in [1.165, 1.54) is 87.8 Å². The van der Waals surface area contributed by atoms with Crippen molar-refractivity contribution in [1.82, 2.24) is 13.7 Å². The maximum absolute atomic E-state index is 2.71. The minimum atomic E-state index is -0.239. The van der Waals surface area contributed by atoms with E-state index in [2.05, 4.69) is 196 Å². The van der Waals surface area contributed by atoms with Crippen LogP contribution in [0.5, 0.6) is 0 Å². The largest absolute Gasteiger partial charge is 0.336 e. The summed E-state index contributed by atoms with van der Waals surface area (Å²) in [6, 6.07) is 46.8. The van der Waals surface area contributed by atoms with Gasteiger partial charge >= 0.3 is 0 Å². The third kappa shape index (κ3) is 4.08. The Balaban J connectivity index is 1.17. The fraction of sp³-hybridized carbons (Fsp3) is 0.255. The molecule has 11 rings (SSSR count). The fourth-order valence-corrected chi connectivity index (χ4v) is 10.7. The van der Waals surface area contributed by atoms with Crippen LogP contribution in [0.3, 0.4) is 0 Å². The zero-order valence-electron chi connectivity index (χ0n) is 32.4. The third-order valence-electron chi connectivity index (χ3n) is 13.2. The molecule has 1 aliphatic carbocycles. The van der Waals surface area contributed by atoms with Crippen molar-refractivity contribution < 1.29 is 0 Å². The zero-order chi connectivity index (χ0) is 36.9. The van der Waals surface area contributed by atoms with E-state index in [4.69, 9.17) is 0 Å². The van der Waals surface area contributed by atoms with Crippen LogP contribution in [-0.2, 0) is 16.4 Å². The first-order valence-electron chi connectivity index (χ1n) is 19.8. The number of hydrogen-bond donors (Lipinski definition) is 0. The molecule has 6 aromatic carbocycles. The summed E-state index contributed by atoms with van der Waals surface area (Å²) in [5, 5.41) is 8.01. The van der Waals surface area contributed by atoms with Gasteiger partial charge in [-0.15, -0.1) is 0 Å². The highest BCUT2D eigenvalue weighted by atomic mass is 15.1. The van der Waals surface area contributed by atoms with Crippen LogP contribution in [0.15, 0.2) is 133 Å². The summed E-state index contributed by atoms with van der Waals surface area (Å²) < 4.78 is 7.94. The summed E-state index contributed by atoms with van der Waals surface area (Å²) >= 11 is 0. The Hall–Kier alpha value is -5.54. The van der Waals surface area contributed by atoms with E-state index in [0.717, 1.165) is 6.42 Å². The van der Waals surface area contributed by atoms with Gasteiger partial charge in [-0.05, 0) is 89.4 Å². The van der Waals surface area contributed by atoms with E-state index in [0.29, 0.717) is 0 Å². The van der Waals surface area contributed by atoms with E-state index >= 15 is 0 Å². The number of rotatable bonds is 2. The van der Waals surface area contributed by atoms with E-state index in [1.54, 1.807) is 0 Å². The summed E-state index contributed by atoms with van der Waals surface area (Å²) in [6.07, 6.45) is 6.00. The van der Waals surface area contributed by atoms with Crippen LogP contribution in [0, 0.1) is 0 Å². The molecule has 0 bridgehead atoms. The van der Waals surface area contributed by atoms with Crippen LogP contribution in [0.2, 0.25) is 0 Å². The minimum Gasteiger partial charge on any atom is -0.336 e. The number of allylic oxidation sites excluding steroid dienone is 2. The molecule has 0 spiro atoms. The summed E-state index contributed by atoms with van der Waals surface area (Å²) in [6.45, 7) is 16.4. The molecule has 4 heterocycles. The summed E-state index contributed by atoms with van der Waals surface area (Å²) in [5.74, 6) is 0.277. The van der Waals surface area contributed by atoms with Crippen LogP contribution in [-0.4, -0.2) is 13.7 Å². The molecule has 266 valence electrons. The normalized spacial score (nSPS) is 20.1. The maximum Gasteiger partial charge on any atom is 0.0695 e. The predicted octanol–water partition coefficient (Wildman–Crippen LogP) is 13.6. The zero-order valence-corrected chi connectivity index (χ0v) is 32.4. The molecule has 0 radical (unpaired) electrons. The van der Waals surface area contributed by atoms with Crippen molar-refractivity contribution in [2.75, 3.05) is 0 Å². The molecule has 3 aromatic heterocycles. The van der Waals surface area contributed by atoms with Gasteiger partial charge in [-0.1, -0.05) is 126 Å². The second kappa shape index (κ2) is 10.6. The number of nitrogens with zero attached hydrogens (tertiary/aromatic N) is 3. The second-order valence-corrected chi connectivity index (χ2v) is 18.4. The highest BCUT2D eigenvalue weighted by Gasteiger charge is 2.50. The maximum atomic E-state index is 2.71. The molecule has 0 saturated heterocycles. The van der Waals surface area contributed by atoms with Crippen molar-refractivity contribution in [3.8, 4) is 5.69 Å². The van der Waals surface area contributed by atoms with Gasteiger partial charge in [-0.2, -0.15) is 0 Å². The summed E-state index contributed by atoms with van der Waals surface area (Å²) in [5.41, 5.74) is 13.2. The van der Waals surface area contributed by atoms with Crippen molar-refractivity contribution in [2.24, 2.45) is 0 Å². The standard InChI is InChI=1S/C51H47N3/c1-49(2,3)31-24-26-41-37(29-31)33-15-8-10-19-39(33)52(41)43-21-13-22-44-46(43)35-17-12-18-36-47-45(23-14-28-51(47,7)54(44)48(35)36)53-40-20-11-9-16-34(40)38-30-32(50(4,5)6)25-27-42(38)53/h8-22,24-30,45,47H,23H2,1-7H3. The molecule has 0 amide bonds. The average Bonchev–Trinajstić information content (AvgIpc) is 3.86. The Morgan fingerprint density at radius 1 is 0.556 bits per heavy atom. The molecule has 3 atom stereocenters. The highest BCUT2D eigenvalue weighted by molar-refractivity contribution is 6.17. The van der Waals surface area contributed by atoms with Crippen LogP contribution < -0.4 is 0 Å². The Morgan fingerprint density at radius 3 is 1.83 bits per heavy atom. The number of fused-ring (bicyclic) bond motifs is 12. The first-order chi connectivity index (χ1) is 25.9. The summed E-state index contributed by atoms with van der Waals surface area (Å²) in [7, 11) is 0. The van der Waals surface area contributed by atoms with Gasteiger partial charge in [0.25, 0.3) is 0 Å². The van der Waals surface area contributed by atoms with Crippen LogP contribution >= 0.6 is 0 Å². The van der Waals surface area contributed by atoms with E-state index in [9.17, 15) is 0 Å².